The summed E-state index contributed by atoms with van der Waals surface area (Å²) in [5.41, 5.74) is 3.23. The third-order valence-electron chi connectivity index (χ3n) is 7.40. The van der Waals surface area contributed by atoms with Gasteiger partial charge in [0.2, 0.25) is 11.9 Å². The smallest absolute Gasteiger partial charge is 0.247 e. The van der Waals surface area contributed by atoms with E-state index < -0.39 is 0 Å². The molecule has 1 aliphatic heterocycles. The SMILES string of the molecule is C=CC(=O)Nc1cc(Nc2ncc(Cl)c(Nc3ccccc3OCc3nccn3C)n2)c(CO)cc1N1CCN(CC)CC1. The van der Waals surface area contributed by atoms with Gasteiger partial charge in [0.15, 0.2) is 5.82 Å². The Labute approximate surface area is 261 Å². The highest BCUT2D eigenvalue weighted by Gasteiger charge is 2.21. The largest absolute Gasteiger partial charge is 0.484 e. The predicted octanol–water partition coefficient (Wildman–Crippen LogP) is 4.69. The van der Waals surface area contributed by atoms with Crippen LogP contribution >= 0.6 is 11.6 Å². The number of aryl methyl sites for hydroxylation is 1. The molecule has 0 bridgehead atoms. The number of carbonyl (C=O) groups excluding carboxylic acids is 1. The highest BCUT2D eigenvalue weighted by Crippen LogP contribution is 2.36. The number of ether oxygens (including phenoxy) is 1. The Morgan fingerprint density at radius 2 is 1.91 bits per heavy atom. The van der Waals surface area contributed by atoms with E-state index in [9.17, 15) is 9.90 Å². The van der Waals surface area contributed by atoms with E-state index in [2.05, 4.69) is 54.2 Å². The van der Waals surface area contributed by atoms with Gasteiger partial charge in [0, 0.05) is 56.9 Å². The van der Waals surface area contributed by atoms with Gasteiger partial charge >= 0.3 is 0 Å². The highest BCUT2D eigenvalue weighted by molar-refractivity contribution is 6.33. The summed E-state index contributed by atoms with van der Waals surface area (Å²) in [7, 11) is 1.91. The van der Waals surface area contributed by atoms with Crippen molar-refractivity contribution in [2.24, 2.45) is 7.05 Å². The van der Waals surface area contributed by atoms with Crippen molar-refractivity contribution in [1.82, 2.24) is 24.4 Å². The number of likely N-dealkylation sites (N-methyl/N-ethyl adjacent to an activating group) is 1. The molecule has 4 N–H and O–H groups in total. The number of imidazole rings is 1. The lowest BCUT2D eigenvalue weighted by molar-refractivity contribution is -0.111. The molecule has 2 aromatic heterocycles. The third-order valence-corrected chi connectivity index (χ3v) is 7.68. The first-order chi connectivity index (χ1) is 21.4. The number of rotatable bonds is 12. The second-order valence-corrected chi connectivity index (χ2v) is 10.6. The number of aliphatic hydroxyl groups excluding tert-OH is 1. The number of benzene rings is 2. The lowest BCUT2D eigenvalue weighted by Gasteiger charge is -2.36. The van der Waals surface area contributed by atoms with Crippen LogP contribution in [0.5, 0.6) is 5.75 Å². The van der Waals surface area contributed by atoms with Crippen molar-refractivity contribution in [2.75, 3.05) is 53.6 Å². The van der Waals surface area contributed by atoms with Crippen LogP contribution in [0.25, 0.3) is 0 Å². The molecule has 12 nitrogen and oxygen atoms in total. The number of amides is 1. The van der Waals surface area contributed by atoms with Gasteiger partial charge in [-0.3, -0.25) is 4.79 Å². The van der Waals surface area contributed by atoms with Gasteiger partial charge in [-0.15, -0.1) is 0 Å². The van der Waals surface area contributed by atoms with E-state index >= 15 is 0 Å². The molecule has 1 fully saturated rings. The Hall–Kier alpha value is -4.65. The third kappa shape index (κ3) is 7.28. The molecule has 0 saturated carbocycles. The van der Waals surface area contributed by atoms with Crippen molar-refractivity contribution < 1.29 is 14.6 Å². The molecule has 3 heterocycles. The van der Waals surface area contributed by atoms with Crippen LogP contribution in [-0.2, 0) is 25.1 Å². The van der Waals surface area contributed by atoms with Crippen molar-refractivity contribution in [3.8, 4) is 5.75 Å². The van der Waals surface area contributed by atoms with E-state index in [1.54, 1.807) is 12.3 Å². The maximum absolute atomic E-state index is 12.4. The van der Waals surface area contributed by atoms with Gasteiger partial charge in [-0.2, -0.15) is 4.98 Å². The van der Waals surface area contributed by atoms with Gasteiger partial charge in [0.25, 0.3) is 0 Å². The molecule has 2 aromatic carbocycles. The molecule has 0 spiro atoms. The molecular weight excluding hydrogens is 582 g/mol. The van der Waals surface area contributed by atoms with Crippen LogP contribution in [-0.4, -0.2) is 68.2 Å². The molecule has 5 rings (SSSR count). The molecule has 0 radical (unpaired) electrons. The predicted molar refractivity (Wildman–Crippen MR) is 173 cm³/mol. The number of anilines is 6. The molecule has 1 saturated heterocycles. The fourth-order valence-electron chi connectivity index (χ4n) is 4.87. The summed E-state index contributed by atoms with van der Waals surface area (Å²) >= 11 is 6.49. The number of carbonyl (C=O) groups is 1. The summed E-state index contributed by atoms with van der Waals surface area (Å²) in [6, 6.07) is 11.1. The van der Waals surface area contributed by atoms with Crippen LogP contribution < -0.4 is 25.6 Å². The van der Waals surface area contributed by atoms with E-state index in [1.807, 2.05) is 48.1 Å². The second-order valence-electron chi connectivity index (χ2n) is 10.2. The van der Waals surface area contributed by atoms with Gasteiger partial charge in [0.1, 0.15) is 23.2 Å². The van der Waals surface area contributed by atoms with Crippen LogP contribution in [0.4, 0.5) is 34.5 Å². The zero-order valence-electron chi connectivity index (χ0n) is 24.8. The molecule has 0 atom stereocenters. The molecule has 1 amide bonds. The molecule has 0 unspecified atom stereocenters. The average molecular weight is 618 g/mol. The maximum atomic E-state index is 12.4. The topological polar surface area (TPSA) is 133 Å². The first kappa shape index (κ1) is 30.8. The van der Waals surface area contributed by atoms with E-state index in [0.717, 1.165) is 44.2 Å². The number of nitrogens with zero attached hydrogens (tertiary/aromatic N) is 6. The summed E-state index contributed by atoms with van der Waals surface area (Å²) in [6.07, 6.45) is 6.29. The number of aliphatic hydroxyl groups is 1. The van der Waals surface area contributed by atoms with Crippen molar-refractivity contribution in [1.29, 1.82) is 0 Å². The molecule has 13 heteroatoms. The van der Waals surface area contributed by atoms with Gasteiger partial charge in [0.05, 0.1) is 29.9 Å². The Bertz CT molecular complexity index is 1620. The number of halogens is 1. The summed E-state index contributed by atoms with van der Waals surface area (Å²) in [5.74, 6) is 1.64. The monoisotopic (exact) mass is 617 g/mol. The summed E-state index contributed by atoms with van der Waals surface area (Å²) in [6.45, 7) is 10.2. The van der Waals surface area contributed by atoms with Crippen LogP contribution in [0.1, 0.15) is 18.3 Å². The molecule has 230 valence electrons. The fraction of sp³-hybridized carbons (Fsp3) is 0.290. The molecular formula is C31H36ClN9O3. The van der Waals surface area contributed by atoms with E-state index in [0.29, 0.717) is 39.2 Å². The first-order valence-corrected chi connectivity index (χ1v) is 14.7. The lowest BCUT2D eigenvalue weighted by Crippen LogP contribution is -2.46. The van der Waals surface area contributed by atoms with E-state index in [1.165, 1.54) is 12.3 Å². The Kier molecular flexibility index (Phi) is 9.95. The van der Waals surface area contributed by atoms with Crippen molar-refractivity contribution >= 4 is 52.0 Å². The number of para-hydroxylation sites is 2. The quantitative estimate of drug-likeness (QED) is 0.166. The van der Waals surface area contributed by atoms with Crippen molar-refractivity contribution in [2.45, 2.75) is 20.1 Å². The first-order valence-electron chi connectivity index (χ1n) is 14.3. The number of piperazine rings is 1. The van der Waals surface area contributed by atoms with Crippen molar-refractivity contribution in [3.63, 3.8) is 0 Å². The number of hydrogen-bond donors (Lipinski definition) is 4. The van der Waals surface area contributed by atoms with Gasteiger partial charge in [-0.1, -0.05) is 37.2 Å². The molecule has 44 heavy (non-hydrogen) atoms. The van der Waals surface area contributed by atoms with Crippen LogP contribution in [0.2, 0.25) is 5.02 Å². The average Bonchev–Trinajstić information content (AvgIpc) is 3.46. The van der Waals surface area contributed by atoms with Gasteiger partial charge in [-0.25, -0.2) is 9.97 Å². The Morgan fingerprint density at radius 1 is 1.11 bits per heavy atom. The standard InChI is InChI=1S/C31H36ClN9O3/c1-4-29(43)35-25-17-24(21(19-42)16-26(25)41-14-12-40(5-2)13-15-41)37-31-34-18-22(32)30(38-31)36-23-8-6-7-9-27(23)44-20-28-33-10-11-39(28)3/h4,6-11,16-18,42H,1,5,12-15,19-20H2,2-3H3,(H,35,43)(H2,34,36,37,38). The number of nitrogens with one attached hydrogen (secondary N) is 3. The molecule has 0 aliphatic carbocycles. The normalized spacial score (nSPS) is 13.4. The summed E-state index contributed by atoms with van der Waals surface area (Å²) in [4.78, 5) is 30.2. The van der Waals surface area contributed by atoms with E-state index in [4.69, 9.17) is 16.3 Å². The summed E-state index contributed by atoms with van der Waals surface area (Å²) < 4.78 is 7.93. The van der Waals surface area contributed by atoms with Gasteiger partial charge < -0.3 is 40.2 Å². The Morgan fingerprint density at radius 3 is 2.61 bits per heavy atom. The van der Waals surface area contributed by atoms with Gasteiger partial charge in [-0.05, 0) is 36.9 Å². The number of aromatic nitrogens is 4. The van der Waals surface area contributed by atoms with Crippen LogP contribution in [0.15, 0.2) is 67.6 Å². The zero-order chi connectivity index (χ0) is 31.1. The highest BCUT2D eigenvalue weighted by atomic mass is 35.5. The van der Waals surface area contributed by atoms with Crippen LogP contribution in [0, 0.1) is 0 Å². The lowest BCUT2D eigenvalue weighted by atomic mass is 10.1. The molecule has 4 aromatic rings. The second kappa shape index (κ2) is 14.2. The molecule has 1 aliphatic rings. The minimum Gasteiger partial charge on any atom is -0.484 e. The minimum atomic E-state index is -0.334. The fourth-order valence-corrected chi connectivity index (χ4v) is 5.00. The summed E-state index contributed by atoms with van der Waals surface area (Å²) in [5, 5.41) is 20.0. The maximum Gasteiger partial charge on any atom is 0.247 e. The zero-order valence-corrected chi connectivity index (χ0v) is 25.5. The van der Waals surface area contributed by atoms with E-state index in [-0.39, 0.29) is 25.1 Å². The van der Waals surface area contributed by atoms with Crippen molar-refractivity contribution in [3.05, 3.63) is 84.1 Å². The van der Waals surface area contributed by atoms with Crippen LogP contribution in [0.3, 0.4) is 0 Å². The Balaban J connectivity index is 1.40. The minimum absolute atomic E-state index is 0.237. The number of hydrogen-bond acceptors (Lipinski definition) is 10.